The summed E-state index contributed by atoms with van der Waals surface area (Å²) < 4.78 is 0. The average Bonchev–Trinajstić information content (AvgIpc) is 2.84. The second-order valence-electron chi connectivity index (χ2n) is 7.96. The van der Waals surface area contributed by atoms with Crippen LogP contribution in [0.3, 0.4) is 0 Å². The number of Topliss-reactive ketones (excluding diaryl/α,β-unsaturated/α-hetero) is 1. The zero-order valence-electron chi connectivity index (χ0n) is 13.8. The van der Waals surface area contributed by atoms with Crippen molar-refractivity contribution in [2.24, 2.45) is 23.7 Å². The third kappa shape index (κ3) is 2.26. The Morgan fingerprint density at radius 2 is 1.50 bits per heavy atom. The minimum absolute atomic E-state index is 0.0239. The van der Waals surface area contributed by atoms with Crippen molar-refractivity contribution in [1.29, 1.82) is 0 Å². The van der Waals surface area contributed by atoms with Crippen LogP contribution >= 0.6 is 0 Å². The molecule has 0 aromatic carbocycles. The number of nitrogens with zero attached hydrogens (tertiary/aromatic N) is 1. The summed E-state index contributed by atoms with van der Waals surface area (Å²) in [6.45, 7) is 0. The molecular weight excluding hydrogens is 310 g/mol. The summed E-state index contributed by atoms with van der Waals surface area (Å²) >= 11 is 0. The van der Waals surface area contributed by atoms with E-state index in [0.717, 1.165) is 32.1 Å². The third-order valence-corrected chi connectivity index (χ3v) is 6.73. The lowest BCUT2D eigenvalue weighted by molar-refractivity contribution is -0.156. The van der Waals surface area contributed by atoms with Crippen molar-refractivity contribution < 1.29 is 24.6 Å². The number of amides is 2. The molecule has 2 amide bonds. The molecule has 24 heavy (non-hydrogen) atoms. The van der Waals surface area contributed by atoms with Crippen LogP contribution in [0, 0.1) is 23.7 Å². The Bertz CT molecular complexity index is 570. The van der Waals surface area contributed by atoms with Gasteiger partial charge < -0.3 is 10.2 Å². The van der Waals surface area contributed by atoms with Gasteiger partial charge in [0.05, 0.1) is 24.0 Å². The molecule has 3 aliphatic carbocycles. The minimum Gasteiger partial charge on any atom is -0.390 e. The fourth-order valence-corrected chi connectivity index (χ4v) is 5.57. The number of carbonyl (C=O) groups is 3. The molecule has 6 nitrogen and oxygen atoms in total. The van der Waals surface area contributed by atoms with Crippen LogP contribution in [0.2, 0.25) is 0 Å². The van der Waals surface area contributed by atoms with E-state index in [1.54, 1.807) is 0 Å². The monoisotopic (exact) mass is 335 g/mol. The van der Waals surface area contributed by atoms with E-state index in [1.807, 2.05) is 0 Å². The molecule has 0 bridgehead atoms. The number of aliphatic hydroxyl groups is 2. The van der Waals surface area contributed by atoms with Crippen LogP contribution in [0.1, 0.15) is 51.4 Å². The second-order valence-corrected chi connectivity index (χ2v) is 7.96. The van der Waals surface area contributed by atoms with E-state index in [0.29, 0.717) is 12.8 Å². The molecular formula is C18H25NO5. The van der Waals surface area contributed by atoms with Crippen molar-refractivity contribution in [3.8, 4) is 0 Å². The van der Waals surface area contributed by atoms with Crippen molar-refractivity contribution in [2.45, 2.75) is 69.6 Å². The molecule has 6 heteroatoms. The molecule has 4 aliphatic rings. The molecule has 0 unspecified atom stereocenters. The zero-order chi connectivity index (χ0) is 17.0. The summed E-state index contributed by atoms with van der Waals surface area (Å²) in [4.78, 5) is 39.7. The van der Waals surface area contributed by atoms with E-state index in [4.69, 9.17) is 0 Å². The first kappa shape index (κ1) is 16.2. The number of fused-ring (bicyclic) bond motifs is 3. The molecule has 4 fully saturated rings. The third-order valence-electron chi connectivity index (χ3n) is 6.73. The molecule has 0 spiro atoms. The maximum Gasteiger partial charge on any atom is 0.233 e. The Hall–Kier alpha value is -1.27. The lowest BCUT2D eigenvalue weighted by Crippen LogP contribution is -2.54. The van der Waals surface area contributed by atoms with Crippen molar-refractivity contribution in [2.75, 3.05) is 0 Å². The van der Waals surface area contributed by atoms with Crippen LogP contribution in [-0.4, -0.2) is 51.0 Å². The van der Waals surface area contributed by atoms with E-state index in [1.165, 1.54) is 4.90 Å². The van der Waals surface area contributed by atoms with Gasteiger partial charge in [0.25, 0.3) is 0 Å². The molecule has 1 saturated heterocycles. The highest BCUT2D eigenvalue weighted by molar-refractivity contribution is 6.06. The molecule has 2 N–H and O–H groups in total. The predicted molar refractivity (Wildman–Crippen MR) is 83.6 cm³/mol. The molecule has 6 atom stereocenters. The van der Waals surface area contributed by atoms with Crippen LogP contribution in [0.4, 0.5) is 0 Å². The predicted octanol–water partition coefficient (Wildman–Crippen LogP) is 0.641. The number of rotatable bonds is 1. The molecule has 4 rings (SSSR count). The second kappa shape index (κ2) is 5.92. The number of aliphatic hydroxyl groups excluding tert-OH is 2. The highest BCUT2D eigenvalue weighted by Crippen LogP contribution is 2.50. The Kier molecular flexibility index (Phi) is 4.00. The van der Waals surface area contributed by atoms with Gasteiger partial charge in [-0.25, -0.2) is 0 Å². The maximum absolute atomic E-state index is 13.1. The van der Waals surface area contributed by atoms with Crippen molar-refractivity contribution in [3.05, 3.63) is 0 Å². The van der Waals surface area contributed by atoms with E-state index < -0.39 is 35.9 Å². The summed E-state index contributed by atoms with van der Waals surface area (Å²) in [5.41, 5.74) is 0. The normalized spacial score (nSPS) is 43.8. The topological polar surface area (TPSA) is 94.9 Å². The molecule has 1 aliphatic heterocycles. The van der Waals surface area contributed by atoms with Crippen LogP contribution in [0.15, 0.2) is 0 Å². The van der Waals surface area contributed by atoms with Gasteiger partial charge >= 0.3 is 0 Å². The number of ketones is 1. The van der Waals surface area contributed by atoms with E-state index in [9.17, 15) is 24.6 Å². The summed E-state index contributed by atoms with van der Waals surface area (Å²) in [7, 11) is 0. The van der Waals surface area contributed by atoms with Crippen molar-refractivity contribution in [3.63, 3.8) is 0 Å². The molecule has 0 radical (unpaired) electrons. The van der Waals surface area contributed by atoms with Gasteiger partial charge in [-0.3, -0.25) is 19.3 Å². The largest absolute Gasteiger partial charge is 0.390 e. The lowest BCUT2D eigenvalue weighted by Gasteiger charge is -2.44. The van der Waals surface area contributed by atoms with Gasteiger partial charge in [-0.2, -0.15) is 0 Å². The van der Waals surface area contributed by atoms with Crippen molar-refractivity contribution in [1.82, 2.24) is 4.90 Å². The Morgan fingerprint density at radius 3 is 2.21 bits per heavy atom. The summed E-state index contributed by atoms with van der Waals surface area (Å²) in [6.07, 6.45) is 3.72. The SMILES string of the molecule is O=C1C[C@@H](O)[C@@H](O)[C@@H]2[C@@H]3C(=O)N(C4CCCCC4)C(=O)[C@@H]3CC[C@@H]12. The highest BCUT2D eigenvalue weighted by Gasteiger charge is 2.60. The molecule has 3 saturated carbocycles. The van der Waals surface area contributed by atoms with Gasteiger partial charge in [-0.15, -0.1) is 0 Å². The standard InChI is InChI=1S/C18H25NO5/c20-12-8-13(21)16(22)14-10(12)6-7-11-15(14)18(24)19(17(11)23)9-4-2-1-3-5-9/h9-11,13-16,21-22H,1-8H2/t10-,11+,13+,14-,15+,16+/m0/s1. The first-order valence-electron chi connectivity index (χ1n) is 9.26. The van der Waals surface area contributed by atoms with Crippen LogP contribution < -0.4 is 0 Å². The first-order chi connectivity index (χ1) is 11.5. The molecule has 0 aromatic heterocycles. The fourth-order valence-electron chi connectivity index (χ4n) is 5.57. The van der Waals surface area contributed by atoms with E-state index >= 15 is 0 Å². The summed E-state index contributed by atoms with van der Waals surface area (Å²) in [5.74, 6) is -2.46. The maximum atomic E-state index is 13.1. The minimum atomic E-state index is -1.12. The van der Waals surface area contributed by atoms with Gasteiger partial charge in [0.1, 0.15) is 5.78 Å². The number of carbonyl (C=O) groups excluding carboxylic acids is 3. The number of imide groups is 1. The lowest BCUT2D eigenvalue weighted by atomic mass is 9.60. The summed E-state index contributed by atoms with van der Waals surface area (Å²) in [6, 6.07) is -0.0239. The Balaban J connectivity index is 1.65. The fraction of sp³-hybridized carbons (Fsp3) is 0.833. The smallest absolute Gasteiger partial charge is 0.233 e. The van der Waals surface area contributed by atoms with Crippen LogP contribution in [0.5, 0.6) is 0 Å². The zero-order valence-corrected chi connectivity index (χ0v) is 13.8. The van der Waals surface area contributed by atoms with Gasteiger partial charge in [-0.1, -0.05) is 19.3 Å². The molecule has 1 heterocycles. The van der Waals surface area contributed by atoms with Crippen LogP contribution in [-0.2, 0) is 14.4 Å². The van der Waals surface area contributed by atoms with Crippen molar-refractivity contribution >= 4 is 17.6 Å². The van der Waals surface area contributed by atoms with E-state index in [-0.39, 0.29) is 30.1 Å². The van der Waals surface area contributed by atoms with Gasteiger partial charge in [0, 0.05) is 24.3 Å². The van der Waals surface area contributed by atoms with Gasteiger partial charge in [0.15, 0.2) is 0 Å². The Labute approximate surface area is 141 Å². The number of hydrogen-bond donors (Lipinski definition) is 2. The quantitative estimate of drug-likeness (QED) is 0.686. The Morgan fingerprint density at radius 1 is 0.833 bits per heavy atom. The summed E-state index contributed by atoms with van der Waals surface area (Å²) in [5, 5.41) is 20.4. The molecule has 132 valence electrons. The van der Waals surface area contributed by atoms with Gasteiger partial charge in [-0.05, 0) is 25.7 Å². The molecule has 0 aromatic rings. The number of hydrogen-bond acceptors (Lipinski definition) is 5. The highest BCUT2D eigenvalue weighted by atomic mass is 16.3. The van der Waals surface area contributed by atoms with Crippen LogP contribution in [0.25, 0.3) is 0 Å². The van der Waals surface area contributed by atoms with E-state index in [2.05, 4.69) is 0 Å². The van der Waals surface area contributed by atoms with Gasteiger partial charge in [0.2, 0.25) is 11.8 Å². The number of likely N-dealkylation sites (tertiary alicyclic amines) is 1. The average molecular weight is 335 g/mol. The first-order valence-corrected chi connectivity index (χ1v) is 9.26.